The lowest BCUT2D eigenvalue weighted by Gasteiger charge is -2.22. The fourth-order valence-electron chi connectivity index (χ4n) is 1.65. The number of aliphatic hydroxyl groups is 1. The molecule has 0 saturated carbocycles. The second kappa shape index (κ2) is 6.64. The van der Waals surface area contributed by atoms with E-state index >= 15 is 0 Å². The fourth-order valence-corrected chi connectivity index (χ4v) is 2.50. The van der Waals surface area contributed by atoms with Crippen LogP contribution in [0.1, 0.15) is 18.1 Å². The second-order valence-corrected chi connectivity index (χ2v) is 5.89. The summed E-state index contributed by atoms with van der Waals surface area (Å²) in [6.07, 6.45) is 2.00. The number of nitrogens with one attached hydrogen (secondary N) is 1. The Morgan fingerprint density at radius 3 is 2.76 bits per heavy atom. The van der Waals surface area contributed by atoms with E-state index in [1.807, 2.05) is 32.2 Å². The minimum Gasteiger partial charge on any atom is -0.388 e. The van der Waals surface area contributed by atoms with Gasteiger partial charge in [-0.15, -0.1) is 0 Å². The van der Waals surface area contributed by atoms with E-state index < -0.39 is 5.60 Å². The van der Waals surface area contributed by atoms with Gasteiger partial charge in [-0.05, 0) is 37.3 Å². The molecule has 0 spiro atoms. The maximum atomic E-state index is 9.99. The third-order valence-corrected chi connectivity index (χ3v) is 3.85. The van der Waals surface area contributed by atoms with Crippen molar-refractivity contribution in [3.05, 3.63) is 34.3 Å². The van der Waals surface area contributed by atoms with Gasteiger partial charge < -0.3 is 10.4 Å². The van der Waals surface area contributed by atoms with E-state index in [2.05, 4.69) is 11.4 Å². The lowest BCUT2D eigenvalue weighted by atomic mass is 10.1. The summed E-state index contributed by atoms with van der Waals surface area (Å²) in [6.45, 7) is 5.19. The van der Waals surface area contributed by atoms with Crippen molar-refractivity contribution in [1.29, 1.82) is 0 Å². The molecule has 17 heavy (non-hydrogen) atoms. The molecule has 2 N–H and O–H groups in total. The minimum absolute atomic E-state index is 0.593. The second-order valence-electron chi connectivity index (χ2n) is 4.62. The maximum absolute atomic E-state index is 9.99. The van der Waals surface area contributed by atoms with Gasteiger partial charge in [0, 0.05) is 23.9 Å². The predicted octanol–water partition coefficient (Wildman–Crippen LogP) is 2.85. The van der Waals surface area contributed by atoms with Crippen LogP contribution in [0, 0.1) is 6.92 Å². The van der Waals surface area contributed by atoms with Gasteiger partial charge in [0.15, 0.2) is 0 Å². The van der Waals surface area contributed by atoms with Crippen LogP contribution >= 0.6 is 23.4 Å². The first kappa shape index (κ1) is 14.8. The Balaban J connectivity index is 2.43. The zero-order chi connectivity index (χ0) is 12.9. The molecule has 0 aliphatic carbocycles. The summed E-state index contributed by atoms with van der Waals surface area (Å²) in [5, 5.41) is 14.0. The van der Waals surface area contributed by atoms with Gasteiger partial charge in [-0.3, -0.25) is 0 Å². The lowest BCUT2D eigenvalue weighted by molar-refractivity contribution is 0.0846. The van der Waals surface area contributed by atoms with Crippen LogP contribution in [0.5, 0.6) is 0 Å². The monoisotopic (exact) mass is 273 g/mol. The van der Waals surface area contributed by atoms with Crippen molar-refractivity contribution in [3.63, 3.8) is 0 Å². The summed E-state index contributed by atoms with van der Waals surface area (Å²) in [4.78, 5) is 0. The van der Waals surface area contributed by atoms with Crippen molar-refractivity contribution in [2.24, 2.45) is 0 Å². The third-order valence-electron chi connectivity index (χ3n) is 2.51. The smallest absolute Gasteiger partial charge is 0.0833 e. The largest absolute Gasteiger partial charge is 0.388 e. The number of hydrogen-bond donors (Lipinski definition) is 2. The average molecular weight is 274 g/mol. The van der Waals surface area contributed by atoms with Crippen LogP contribution < -0.4 is 5.32 Å². The quantitative estimate of drug-likeness (QED) is 0.836. The highest BCUT2D eigenvalue weighted by Gasteiger charge is 2.18. The third kappa shape index (κ3) is 5.30. The topological polar surface area (TPSA) is 32.3 Å². The molecule has 1 atom stereocenters. The number of halogens is 1. The van der Waals surface area contributed by atoms with Gasteiger partial charge >= 0.3 is 0 Å². The molecular weight excluding hydrogens is 254 g/mol. The summed E-state index contributed by atoms with van der Waals surface area (Å²) in [5.74, 6) is 0.736. The zero-order valence-corrected chi connectivity index (χ0v) is 12.2. The zero-order valence-electron chi connectivity index (χ0n) is 10.6. The van der Waals surface area contributed by atoms with Crippen molar-refractivity contribution in [2.75, 3.05) is 18.6 Å². The Labute approximate surface area is 113 Å². The molecular formula is C13H20ClNOS. The Morgan fingerprint density at radius 2 is 2.18 bits per heavy atom. The minimum atomic E-state index is -0.652. The van der Waals surface area contributed by atoms with Crippen LogP contribution in [0.3, 0.4) is 0 Å². The molecule has 0 saturated heterocycles. The summed E-state index contributed by atoms with van der Waals surface area (Å²) in [7, 11) is 0. The van der Waals surface area contributed by atoms with Crippen molar-refractivity contribution in [1.82, 2.24) is 5.32 Å². The molecule has 0 heterocycles. The standard InChI is InChI=1S/C13H20ClNOS/c1-10-6-11(4-5-12(10)14)7-15-8-13(2,16)9-17-3/h4-6,15-16H,7-9H2,1-3H3. The highest BCUT2D eigenvalue weighted by molar-refractivity contribution is 7.98. The van der Waals surface area contributed by atoms with Gasteiger partial charge in [-0.2, -0.15) is 11.8 Å². The molecule has 4 heteroatoms. The first-order valence-corrected chi connectivity index (χ1v) is 7.39. The molecule has 1 rings (SSSR count). The van der Waals surface area contributed by atoms with Gasteiger partial charge in [0.2, 0.25) is 0 Å². The molecule has 0 amide bonds. The number of benzene rings is 1. The number of thioether (sulfide) groups is 1. The molecule has 0 aromatic heterocycles. The molecule has 1 aromatic rings. The van der Waals surface area contributed by atoms with Crippen LogP contribution in [-0.4, -0.2) is 29.3 Å². The van der Waals surface area contributed by atoms with Crippen molar-refractivity contribution >= 4 is 23.4 Å². The van der Waals surface area contributed by atoms with Crippen LogP contribution in [0.2, 0.25) is 5.02 Å². The summed E-state index contributed by atoms with van der Waals surface area (Å²) < 4.78 is 0. The number of rotatable bonds is 6. The van der Waals surface area contributed by atoms with Crippen LogP contribution in [0.25, 0.3) is 0 Å². The van der Waals surface area contributed by atoms with E-state index in [-0.39, 0.29) is 0 Å². The van der Waals surface area contributed by atoms with Gasteiger partial charge in [-0.25, -0.2) is 0 Å². The predicted molar refractivity (Wildman–Crippen MR) is 76.9 cm³/mol. The van der Waals surface area contributed by atoms with Crippen LogP contribution in [0.15, 0.2) is 18.2 Å². The van der Waals surface area contributed by atoms with E-state index in [1.165, 1.54) is 5.56 Å². The van der Waals surface area contributed by atoms with E-state index in [9.17, 15) is 5.11 Å². The Kier molecular flexibility index (Phi) is 5.80. The molecule has 0 aliphatic heterocycles. The van der Waals surface area contributed by atoms with E-state index in [1.54, 1.807) is 11.8 Å². The Morgan fingerprint density at radius 1 is 1.47 bits per heavy atom. The summed E-state index contributed by atoms with van der Waals surface area (Å²) >= 11 is 7.62. The molecule has 96 valence electrons. The lowest BCUT2D eigenvalue weighted by Crippen LogP contribution is -2.39. The van der Waals surface area contributed by atoms with Crippen LogP contribution in [0.4, 0.5) is 0 Å². The van der Waals surface area contributed by atoms with Gasteiger partial charge in [0.25, 0.3) is 0 Å². The normalized spacial score (nSPS) is 14.6. The first-order chi connectivity index (χ1) is 7.94. The molecule has 0 bridgehead atoms. The van der Waals surface area contributed by atoms with Crippen molar-refractivity contribution < 1.29 is 5.11 Å². The molecule has 1 aromatic carbocycles. The van der Waals surface area contributed by atoms with Gasteiger partial charge in [0.1, 0.15) is 0 Å². The summed E-state index contributed by atoms with van der Waals surface area (Å²) in [5.41, 5.74) is 1.62. The number of aryl methyl sites for hydroxylation is 1. The van der Waals surface area contributed by atoms with E-state index in [4.69, 9.17) is 11.6 Å². The van der Waals surface area contributed by atoms with Gasteiger partial charge in [0.05, 0.1) is 5.60 Å². The Bertz CT molecular complexity index is 368. The molecule has 0 radical (unpaired) electrons. The average Bonchev–Trinajstić information content (AvgIpc) is 2.23. The van der Waals surface area contributed by atoms with E-state index in [0.29, 0.717) is 6.54 Å². The highest BCUT2D eigenvalue weighted by atomic mass is 35.5. The Hall–Kier alpha value is -0.220. The van der Waals surface area contributed by atoms with Gasteiger partial charge in [-0.1, -0.05) is 23.7 Å². The van der Waals surface area contributed by atoms with Crippen molar-refractivity contribution in [3.8, 4) is 0 Å². The molecule has 1 unspecified atom stereocenters. The SMILES string of the molecule is CSCC(C)(O)CNCc1ccc(Cl)c(C)c1. The molecule has 0 fully saturated rings. The highest BCUT2D eigenvalue weighted by Crippen LogP contribution is 2.16. The van der Waals surface area contributed by atoms with E-state index in [0.717, 1.165) is 22.9 Å². The summed E-state index contributed by atoms with van der Waals surface area (Å²) in [6, 6.07) is 5.98. The van der Waals surface area contributed by atoms with Crippen LogP contribution in [-0.2, 0) is 6.54 Å². The van der Waals surface area contributed by atoms with Crippen molar-refractivity contribution in [2.45, 2.75) is 26.0 Å². The maximum Gasteiger partial charge on any atom is 0.0833 e. The number of hydrogen-bond acceptors (Lipinski definition) is 3. The fraction of sp³-hybridized carbons (Fsp3) is 0.538. The molecule has 0 aliphatic rings. The first-order valence-electron chi connectivity index (χ1n) is 5.62. The molecule has 2 nitrogen and oxygen atoms in total.